The third-order valence-electron chi connectivity index (χ3n) is 6.28. The zero-order valence-corrected chi connectivity index (χ0v) is 19.8. The van der Waals surface area contributed by atoms with E-state index >= 15 is 0 Å². The highest BCUT2D eigenvalue weighted by Gasteiger charge is 2.60. The van der Waals surface area contributed by atoms with E-state index in [2.05, 4.69) is 0 Å². The third kappa shape index (κ3) is 3.67. The van der Waals surface area contributed by atoms with Crippen molar-refractivity contribution in [2.45, 2.75) is 12.1 Å². The molecule has 0 unspecified atom stereocenters. The Morgan fingerprint density at radius 1 is 0.853 bits per heavy atom. The Bertz CT molecular complexity index is 1210. The molecule has 0 N–H and O–H groups in total. The molecule has 174 valence electrons. The van der Waals surface area contributed by atoms with E-state index in [0.29, 0.717) is 16.5 Å². The highest BCUT2D eigenvalue weighted by atomic mass is 35.5. The molecule has 3 aromatic rings. The van der Waals surface area contributed by atoms with Gasteiger partial charge in [0.15, 0.2) is 6.10 Å². The van der Waals surface area contributed by atoms with E-state index in [9.17, 15) is 9.59 Å². The van der Waals surface area contributed by atoms with Crippen molar-refractivity contribution in [2.75, 3.05) is 36.1 Å². The second-order valence-electron chi connectivity index (χ2n) is 8.49. The van der Waals surface area contributed by atoms with Gasteiger partial charge >= 0.3 is 0 Å². The van der Waals surface area contributed by atoms with Crippen LogP contribution in [0, 0.1) is 5.92 Å². The number of imide groups is 1. The number of carbonyl (C=O) groups is 2. The average Bonchev–Trinajstić information content (AvgIpc) is 3.35. The smallest absolute Gasteiger partial charge is 0.266 e. The number of amides is 2. The molecule has 8 heteroatoms. The molecule has 3 atom stereocenters. The Labute approximate surface area is 203 Å². The fourth-order valence-electron chi connectivity index (χ4n) is 4.52. The maximum Gasteiger partial charge on any atom is 0.266 e. The summed E-state index contributed by atoms with van der Waals surface area (Å²) in [6, 6.07) is 21.5. The summed E-state index contributed by atoms with van der Waals surface area (Å²) in [7, 11) is 5.50. The lowest BCUT2D eigenvalue weighted by molar-refractivity contribution is -0.126. The third-order valence-corrected chi connectivity index (χ3v) is 6.53. The van der Waals surface area contributed by atoms with Crippen LogP contribution >= 0.6 is 11.6 Å². The number of hydrogen-bond donors (Lipinski definition) is 0. The first-order valence-electron chi connectivity index (χ1n) is 10.9. The maximum atomic E-state index is 13.7. The van der Waals surface area contributed by atoms with Crippen LogP contribution in [-0.2, 0) is 14.4 Å². The number of anilines is 3. The van der Waals surface area contributed by atoms with Gasteiger partial charge in [-0.2, -0.15) is 0 Å². The Kier molecular flexibility index (Phi) is 5.67. The van der Waals surface area contributed by atoms with Crippen molar-refractivity contribution in [1.29, 1.82) is 0 Å². The van der Waals surface area contributed by atoms with Gasteiger partial charge in [0.2, 0.25) is 5.91 Å². The molecule has 0 bridgehead atoms. The van der Waals surface area contributed by atoms with Crippen molar-refractivity contribution in [1.82, 2.24) is 0 Å². The van der Waals surface area contributed by atoms with Crippen LogP contribution in [0.4, 0.5) is 17.1 Å². The number of hydroxylamine groups is 1. The highest BCUT2D eigenvalue weighted by molar-refractivity contribution is 6.30. The van der Waals surface area contributed by atoms with Crippen LogP contribution < -0.4 is 19.6 Å². The van der Waals surface area contributed by atoms with Crippen LogP contribution in [0.1, 0.15) is 11.6 Å². The molecule has 34 heavy (non-hydrogen) atoms. The number of benzene rings is 3. The molecule has 3 aromatic carbocycles. The predicted octanol–water partition coefficient (Wildman–Crippen LogP) is 4.47. The summed E-state index contributed by atoms with van der Waals surface area (Å²) in [6.45, 7) is 0. The number of nitrogens with zero attached hydrogens (tertiary/aromatic N) is 3. The van der Waals surface area contributed by atoms with Crippen LogP contribution in [0.3, 0.4) is 0 Å². The minimum absolute atomic E-state index is 0.293. The van der Waals surface area contributed by atoms with Gasteiger partial charge in [0, 0.05) is 24.8 Å². The number of halogens is 1. The zero-order chi connectivity index (χ0) is 24.0. The Morgan fingerprint density at radius 3 is 2.06 bits per heavy atom. The topological polar surface area (TPSA) is 62.3 Å². The lowest BCUT2D eigenvalue weighted by Crippen LogP contribution is -2.37. The molecule has 5 rings (SSSR count). The normalized spacial score (nSPS) is 21.7. The number of ether oxygens (including phenoxy) is 1. The van der Waals surface area contributed by atoms with E-state index in [1.807, 2.05) is 55.4 Å². The van der Waals surface area contributed by atoms with Gasteiger partial charge in [-0.1, -0.05) is 23.7 Å². The average molecular weight is 478 g/mol. The predicted molar refractivity (Wildman–Crippen MR) is 131 cm³/mol. The molecular weight excluding hydrogens is 454 g/mol. The summed E-state index contributed by atoms with van der Waals surface area (Å²) >= 11 is 6.08. The van der Waals surface area contributed by atoms with Crippen molar-refractivity contribution in [3.63, 3.8) is 0 Å². The van der Waals surface area contributed by atoms with Crippen molar-refractivity contribution in [3.8, 4) is 5.75 Å². The Balaban J connectivity index is 1.55. The number of carbonyl (C=O) groups excluding carboxylic acids is 2. The highest BCUT2D eigenvalue weighted by Crippen LogP contribution is 2.48. The standard InChI is InChI=1S/C26H24ClN3O4/c1-28(2)18-8-4-16(5-9-18)23-22-24(34-30(23)20-10-6-17(27)7-11-20)26(32)29(25(22)31)19-12-14-21(33-3)15-13-19/h4-15,22-24H,1-3H3/t22-,23-,24-/m1/s1. The minimum Gasteiger partial charge on any atom is -0.497 e. The number of rotatable bonds is 5. The van der Waals surface area contributed by atoms with E-state index in [1.165, 1.54) is 4.90 Å². The largest absolute Gasteiger partial charge is 0.497 e. The van der Waals surface area contributed by atoms with Crippen molar-refractivity contribution in [2.24, 2.45) is 5.92 Å². The zero-order valence-electron chi connectivity index (χ0n) is 19.0. The van der Waals surface area contributed by atoms with Gasteiger partial charge in [0.25, 0.3) is 5.91 Å². The molecule has 2 heterocycles. The van der Waals surface area contributed by atoms with E-state index in [0.717, 1.165) is 16.9 Å². The van der Waals surface area contributed by atoms with Crippen LogP contribution in [-0.4, -0.2) is 39.1 Å². The van der Waals surface area contributed by atoms with Crippen LogP contribution in [0.25, 0.3) is 0 Å². The first kappa shape index (κ1) is 22.3. The first-order valence-corrected chi connectivity index (χ1v) is 11.3. The van der Waals surface area contributed by atoms with Crippen molar-refractivity contribution < 1.29 is 19.2 Å². The monoisotopic (exact) mass is 477 g/mol. The van der Waals surface area contributed by atoms with Crippen molar-refractivity contribution >= 4 is 40.5 Å². The summed E-state index contributed by atoms with van der Waals surface area (Å²) < 4.78 is 5.20. The summed E-state index contributed by atoms with van der Waals surface area (Å²) in [6.07, 6.45) is -0.927. The van der Waals surface area contributed by atoms with Gasteiger partial charge in [-0.25, -0.2) is 9.96 Å². The number of hydrogen-bond acceptors (Lipinski definition) is 6. The molecule has 0 spiro atoms. The molecule has 2 aliphatic rings. The molecule has 0 aromatic heterocycles. The SMILES string of the molecule is COc1ccc(N2C(=O)[C@@H]3[C@@H](c4ccc(N(C)C)cc4)N(c4ccc(Cl)cc4)O[C@H]3C2=O)cc1. The molecule has 2 amide bonds. The quantitative estimate of drug-likeness (QED) is 0.505. The molecule has 2 saturated heterocycles. The molecule has 0 saturated carbocycles. The maximum absolute atomic E-state index is 13.7. The van der Waals surface area contributed by atoms with Gasteiger partial charge < -0.3 is 9.64 Å². The fourth-order valence-corrected chi connectivity index (χ4v) is 4.65. The molecule has 7 nitrogen and oxygen atoms in total. The van der Waals surface area contributed by atoms with Crippen molar-refractivity contribution in [3.05, 3.63) is 83.4 Å². The summed E-state index contributed by atoms with van der Waals surface area (Å²) in [4.78, 5) is 36.5. The summed E-state index contributed by atoms with van der Waals surface area (Å²) in [5, 5.41) is 2.25. The van der Waals surface area contributed by atoms with Gasteiger partial charge in [-0.3, -0.25) is 14.4 Å². The first-order chi connectivity index (χ1) is 16.4. The van der Waals surface area contributed by atoms with E-state index in [1.54, 1.807) is 48.6 Å². The van der Waals surface area contributed by atoms with Gasteiger partial charge in [-0.05, 0) is 66.2 Å². The van der Waals surface area contributed by atoms with Gasteiger partial charge in [-0.15, -0.1) is 0 Å². The summed E-state index contributed by atoms with van der Waals surface area (Å²) in [5.41, 5.74) is 3.13. The van der Waals surface area contributed by atoms with Crippen LogP contribution in [0.2, 0.25) is 5.02 Å². The van der Waals surface area contributed by atoms with Crippen LogP contribution in [0.5, 0.6) is 5.75 Å². The van der Waals surface area contributed by atoms with Gasteiger partial charge in [0.05, 0.1) is 24.5 Å². The lowest BCUT2D eigenvalue weighted by atomic mass is 9.90. The second kappa shape index (κ2) is 8.66. The minimum atomic E-state index is -0.927. The Hall–Kier alpha value is -3.55. The van der Waals surface area contributed by atoms with E-state index in [4.69, 9.17) is 21.2 Å². The Morgan fingerprint density at radius 2 is 1.47 bits per heavy atom. The molecule has 2 aliphatic heterocycles. The van der Waals surface area contributed by atoms with Gasteiger partial charge in [0.1, 0.15) is 11.7 Å². The molecular formula is C26H24ClN3O4. The lowest BCUT2D eigenvalue weighted by Gasteiger charge is -2.29. The van der Waals surface area contributed by atoms with Crippen LogP contribution in [0.15, 0.2) is 72.8 Å². The molecule has 0 radical (unpaired) electrons. The van der Waals surface area contributed by atoms with E-state index in [-0.39, 0.29) is 11.8 Å². The molecule has 0 aliphatic carbocycles. The summed E-state index contributed by atoms with van der Waals surface area (Å²) in [5.74, 6) is -0.729. The number of fused-ring (bicyclic) bond motifs is 1. The fraction of sp³-hybridized carbons (Fsp3) is 0.231. The second-order valence-corrected chi connectivity index (χ2v) is 8.93. The van der Waals surface area contributed by atoms with E-state index < -0.39 is 18.1 Å². The number of methoxy groups -OCH3 is 1. The molecule has 2 fully saturated rings.